The van der Waals surface area contributed by atoms with Crippen LogP contribution in [-0.2, 0) is 20.9 Å². The highest BCUT2D eigenvalue weighted by molar-refractivity contribution is 6.35. The molecule has 32 heavy (non-hydrogen) atoms. The van der Waals surface area contributed by atoms with Gasteiger partial charge in [-0.15, -0.1) is 0 Å². The topological polar surface area (TPSA) is 109 Å². The van der Waals surface area contributed by atoms with E-state index < -0.39 is 11.8 Å². The van der Waals surface area contributed by atoms with Crippen molar-refractivity contribution < 1.29 is 23.9 Å². The van der Waals surface area contributed by atoms with Crippen molar-refractivity contribution in [3.63, 3.8) is 0 Å². The van der Waals surface area contributed by atoms with Crippen molar-refractivity contribution in [1.82, 2.24) is 15.6 Å². The Morgan fingerprint density at radius 3 is 2.50 bits per heavy atom. The quantitative estimate of drug-likeness (QED) is 0.369. The Morgan fingerprint density at radius 2 is 1.78 bits per heavy atom. The van der Waals surface area contributed by atoms with Crippen LogP contribution in [0.15, 0.2) is 53.6 Å². The maximum Gasteiger partial charge on any atom is 0.329 e. The van der Waals surface area contributed by atoms with Gasteiger partial charge in [0.15, 0.2) is 6.61 Å². The summed E-state index contributed by atoms with van der Waals surface area (Å²) in [6.07, 6.45) is 3.45. The Bertz CT molecular complexity index is 969. The van der Waals surface area contributed by atoms with Gasteiger partial charge in [-0.2, -0.15) is 5.10 Å². The first kappa shape index (κ1) is 22.8. The Labute approximate surface area is 186 Å². The molecule has 9 heteroatoms. The molecule has 1 heterocycles. The number of likely N-dealkylation sites (tertiary alicyclic amines) is 1. The molecule has 3 rings (SSSR count). The summed E-state index contributed by atoms with van der Waals surface area (Å²) < 4.78 is 10.6. The zero-order valence-electron chi connectivity index (χ0n) is 17.9. The SMILES string of the molecule is COc1ccc(CNC(=O)C(=O)N/N=C\c2cccc(OCC(=O)N3CCCC3)c2)cc1. The lowest BCUT2D eigenvalue weighted by atomic mass is 10.2. The third kappa shape index (κ3) is 6.83. The molecular formula is C23H26N4O5. The van der Waals surface area contributed by atoms with Gasteiger partial charge in [-0.3, -0.25) is 14.4 Å². The van der Waals surface area contributed by atoms with Crippen LogP contribution in [0.1, 0.15) is 24.0 Å². The van der Waals surface area contributed by atoms with Crippen LogP contribution in [-0.4, -0.2) is 55.6 Å². The predicted molar refractivity (Wildman–Crippen MR) is 118 cm³/mol. The van der Waals surface area contributed by atoms with E-state index >= 15 is 0 Å². The zero-order chi connectivity index (χ0) is 22.8. The van der Waals surface area contributed by atoms with Gasteiger partial charge in [0.25, 0.3) is 5.91 Å². The molecule has 3 amide bonds. The second kappa shape index (κ2) is 11.5. The van der Waals surface area contributed by atoms with E-state index in [9.17, 15) is 14.4 Å². The Kier molecular flexibility index (Phi) is 8.19. The largest absolute Gasteiger partial charge is 0.497 e. The molecule has 0 spiro atoms. The van der Waals surface area contributed by atoms with Crippen molar-refractivity contribution in [3.05, 3.63) is 59.7 Å². The maximum absolute atomic E-state index is 12.1. The van der Waals surface area contributed by atoms with E-state index in [0.29, 0.717) is 17.1 Å². The number of hydrazone groups is 1. The molecule has 1 aliphatic heterocycles. The molecule has 1 fully saturated rings. The Hall–Kier alpha value is -3.88. The van der Waals surface area contributed by atoms with E-state index in [1.54, 1.807) is 60.5 Å². The zero-order valence-corrected chi connectivity index (χ0v) is 17.9. The summed E-state index contributed by atoms with van der Waals surface area (Å²) in [5, 5.41) is 6.33. The summed E-state index contributed by atoms with van der Waals surface area (Å²) in [5.74, 6) is -0.479. The molecule has 0 bridgehead atoms. The number of rotatable bonds is 8. The number of hydrogen-bond acceptors (Lipinski definition) is 6. The summed E-state index contributed by atoms with van der Waals surface area (Å²) in [4.78, 5) is 37.7. The normalized spacial score (nSPS) is 13.1. The van der Waals surface area contributed by atoms with Gasteiger partial charge < -0.3 is 19.7 Å². The summed E-state index contributed by atoms with van der Waals surface area (Å²) in [5.41, 5.74) is 3.67. The van der Waals surface area contributed by atoms with Crippen LogP contribution in [0.3, 0.4) is 0 Å². The van der Waals surface area contributed by atoms with Gasteiger partial charge in [0.1, 0.15) is 11.5 Å². The monoisotopic (exact) mass is 438 g/mol. The van der Waals surface area contributed by atoms with Gasteiger partial charge >= 0.3 is 11.8 Å². The van der Waals surface area contributed by atoms with Crippen LogP contribution < -0.4 is 20.2 Å². The van der Waals surface area contributed by atoms with Gasteiger partial charge in [0.05, 0.1) is 13.3 Å². The fourth-order valence-corrected chi connectivity index (χ4v) is 3.11. The molecule has 9 nitrogen and oxygen atoms in total. The molecule has 0 radical (unpaired) electrons. The predicted octanol–water partition coefficient (Wildman–Crippen LogP) is 1.46. The summed E-state index contributed by atoms with van der Waals surface area (Å²) in [6, 6.07) is 14.1. The second-order valence-electron chi connectivity index (χ2n) is 7.18. The van der Waals surface area contributed by atoms with Crippen molar-refractivity contribution >= 4 is 23.9 Å². The lowest BCUT2D eigenvalue weighted by Gasteiger charge is -2.15. The second-order valence-corrected chi connectivity index (χ2v) is 7.18. The number of carbonyl (C=O) groups excluding carboxylic acids is 3. The van der Waals surface area contributed by atoms with E-state index in [-0.39, 0.29) is 19.1 Å². The van der Waals surface area contributed by atoms with Crippen LogP contribution in [0.25, 0.3) is 0 Å². The highest BCUT2D eigenvalue weighted by atomic mass is 16.5. The number of nitrogens with one attached hydrogen (secondary N) is 2. The number of ether oxygens (including phenoxy) is 2. The number of hydrogen-bond donors (Lipinski definition) is 2. The van der Waals surface area contributed by atoms with Crippen molar-refractivity contribution in [2.75, 3.05) is 26.8 Å². The van der Waals surface area contributed by atoms with E-state index in [2.05, 4.69) is 15.8 Å². The van der Waals surface area contributed by atoms with Crippen LogP contribution >= 0.6 is 0 Å². The van der Waals surface area contributed by atoms with E-state index in [1.165, 1.54) is 6.21 Å². The summed E-state index contributed by atoms with van der Waals surface area (Å²) in [6.45, 7) is 1.74. The number of amides is 3. The van der Waals surface area contributed by atoms with Gasteiger partial charge in [-0.05, 0) is 48.2 Å². The molecule has 1 aliphatic rings. The fourth-order valence-electron chi connectivity index (χ4n) is 3.11. The first-order valence-corrected chi connectivity index (χ1v) is 10.3. The average Bonchev–Trinajstić information content (AvgIpc) is 3.37. The van der Waals surface area contributed by atoms with Gasteiger partial charge in [0.2, 0.25) is 0 Å². The van der Waals surface area contributed by atoms with Crippen molar-refractivity contribution in [2.24, 2.45) is 5.10 Å². The standard InChI is InChI=1S/C23H26N4O5/c1-31-19-9-7-17(8-10-19)14-24-22(29)23(30)26-25-15-18-5-4-6-20(13-18)32-16-21(28)27-11-2-3-12-27/h4-10,13,15H,2-3,11-12,14,16H2,1H3,(H,24,29)(H,26,30)/b25-15-. The molecule has 2 aromatic rings. The molecule has 0 aromatic heterocycles. The summed E-state index contributed by atoms with van der Waals surface area (Å²) in [7, 11) is 1.57. The Balaban J connectivity index is 1.42. The van der Waals surface area contributed by atoms with E-state index in [4.69, 9.17) is 9.47 Å². The van der Waals surface area contributed by atoms with Gasteiger partial charge in [0, 0.05) is 19.6 Å². The minimum Gasteiger partial charge on any atom is -0.497 e. The molecule has 0 unspecified atom stereocenters. The first-order chi connectivity index (χ1) is 15.5. The highest BCUT2D eigenvalue weighted by Gasteiger charge is 2.18. The number of methoxy groups -OCH3 is 1. The maximum atomic E-state index is 12.1. The first-order valence-electron chi connectivity index (χ1n) is 10.3. The smallest absolute Gasteiger partial charge is 0.329 e. The molecule has 2 aromatic carbocycles. The molecule has 168 valence electrons. The van der Waals surface area contributed by atoms with Gasteiger partial charge in [-0.25, -0.2) is 5.43 Å². The molecule has 0 aliphatic carbocycles. The number of carbonyl (C=O) groups is 3. The third-order valence-electron chi connectivity index (χ3n) is 4.88. The lowest BCUT2D eigenvalue weighted by Crippen LogP contribution is -2.37. The number of nitrogens with zero attached hydrogens (tertiary/aromatic N) is 2. The third-order valence-corrected chi connectivity index (χ3v) is 4.88. The van der Waals surface area contributed by atoms with E-state index in [1.807, 2.05) is 0 Å². The van der Waals surface area contributed by atoms with Gasteiger partial charge in [-0.1, -0.05) is 24.3 Å². The van der Waals surface area contributed by atoms with Crippen molar-refractivity contribution in [1.29, 1.82) is 0 Å². The van der Waals surface area contributed by atoms with Crippen molar-refractivity contribution in [3.8, 4) is 11.5 Å². The van der Waals surface area contributed by atoms with E-state index in [0.717, 1.165) is 31.5 Å². The number of benzene rings is 2. The van der Waals surface area contributed by atoms with Crippen LogP contribution in [0.4, 0.5) is 0 Å². The van der Waals surface area contributed by atoms with Crippen molar-refractivity contribution in [2.45, 2.75) is 19.4 Å². The molecular weight excluding hydrogens is 412 g/mol. The minimum atomic E-state index is -0.877. The highest BCUT2D eigenvalue weighted by Crippen LogP contribution is 2.14. The fraction of sp³-hybridized carbons (Fsp3) is 0.304. The van der Waals surface area contributed by atoms with Crippen LogP contribution in [0, 0.1) is 0 Å². The molecule has 0 atom stereocenters. The molecule has 1 saturated heterocycles. The minimum absolute atomic E-state index is 0.0221. The molecule has 2 N–H and O–H groups in total. The molecule has 0 saturated carbocycles. The van der Waals surface area contributed by atoms with Crippen LogP contribution in [0.5, 0.6) is 11.5 Å². The summed E-state index contributed by atoms with van der Waals surface area (Å²) >= 11 is 0. The average molecular weight is 438 g/mol. The Morgan fingerprint density at radius 1 is 1.03 bits per heavy atom. The lowest BCUT2D eigenvalue weighted by molar-refractivity contribution is -0.139. The van der Waals surface area contributed by atoms with Crippen LogP contribution in [0.2, 0.25) is 0 Å².